The maximum absolute atomic E-state index is 5.92. The van der Waals surface area contributed by atoms with Gasteiger partial charge in [-0.05, 0) is 30.5 Å². The van der Waals surface area contributed by atoms with Crippen molar-refractivity contribution in [2.75, 3.05) is 32.7 Å². The number of nitrogens with one attached hydrogen (secondary N) is 1. The first-order chi connectivity index (χ1) is 16.0. The molecule has 0 aliphatic rings. The lowest BCUT2D eigenvalue weighted by molar-refractivity contribution is 0.194. The number of hydrogen-bond acceptors (Lipinski definition) is 9. The number of nitrogens with zero attached hydrogens (tertiary/aromatic N) is 5. The zero-order valence-electron chi connectivity index (χ0n) is 19.4. The number of rotatable bonds is 12. The van der Waals surface area contributed by atoms with Gasteiger partial charge >= 0.3 is 0 Å². The van der Waals surface area contributed by atoms with Crippen LogP contribution in [0.15, 0.2) is 30.6 Å². The van der Waals surface area contributed by atoms with Crippen LogP contribution in [0.3, 0.4) is 0 Å². The fraction of sp³-hybridized carbons (Fsp3) is 0.455. The summed E-state index contributed by atoms with van der Waals surface area (Å²) in [6, 6.07) is 5.65. The number of anilines is 1. The van der Waals surface area contributed by atoms with Gasteiger partial charge in [-0.15, -0.1) is 10.2 Å². The molecule has 2 heterocycles. The summed E-state index contributed by atoms with van der Waals surface area (Å²) >= 11 is 7.44. The lowest BCUT2D eigenvalue weighted by Crippen LogP contribution is -2.15. The standard InChI is InChI=1S/C22H29ClN6O3S/c1-14(21-24-12-16(23)13-25-21)15(2)33-28-22-27-26-19(10-7-11-30-3)29(22)20-17(31-4)8-6-9-18(20)32-5/h6,8-9,12-15H,7,10-11H2,1-5H3,(H,27,28). The van der Waals surface area contributed by atoms with Crippen molar-refractivity contribution in [1.29, 1.82) is 0 Å². The van der Waals surface area contributed by atoms with E-state index in [4.69, 9.17) is 25.8 Å². The van der Waals surface area contributed by atoms with E-state index in [2.05, 4.69) is 38.7 Å². The van der Waals surface area contributed by atoms with Crippen molar-refractivity contribution >= 4 is 29.5 Å². The van der Waals surface area contributed by atoms with Gasteiger partial charge in [0.2, 0.25) is 5.95 Å². The average Bonchev–Trinajstić information content (AvgIpc) is 3.24. The van der Waals surface area contributed by atoms with E-state index < -0.39 is 0 Å². The molecule has 0 bridgehead atoms. The van der Waals surface area contributed by atoms with Crippen LogP contribution >= 0.6 is 23.5 Å². The summed E-state index contributed by atoms with van der Waals surface area (Å²) in [5, 5.41) is 9.51. The molecule has 2 unspecified atom stereocenters. The molecule has 2 atom stereocenters. The van der Waals surface area contributed by atoms with E-state index in [0.717, 1.165) is 23.8 Å². The summed E-state index contributed by atoms with van der Waals surface area (Å²) in [6.45, 7) is 4.81. The van der Waals surface area contributed by atoms with Gasteiger partial charge in [0.25, 0.3) is 0 Å². The highest BCUT2D eigenvalue weighted by atomic mass is 35.5. The Morgan fingerprint density at radius 3 is 2.33 bits per heavy atom. The van der Waals surface area contributed by atoms with Crippen LogP contribution in [0, 0.1) is 0 Å². The van der Waals surface area contributed by atoms with Crippen LogP contribution in [-0.4, -0.2) is 57.9 Å². The van der Waals surface area contributed by atoms with Gasteiger partial charge in [0.1, 0.15) is 28.8 Å². The van der Waals surface area contributed by atoms with E-state index in [1.807, 2.05) is 22.8 Å². The molecule has 0 saturated heterocycles. The molecule has 178 valence electrons. The summed E-state index contributed by atoms with van der Waals surface area (Å²) in [7, 11) is 4.94. The van der Waals surface area contributed by atoms with Gasteiger partial charge in [0, 0.05) is 43.7 Å². The zero-order valence-corrected chi connectivity index (χ0v) is 21.0. The predicted octanol–water partition coefficient (Wildman–Crippen LogP) is 4.56. The van der Waals surface area contributed by atoms with Crippen LogP contribution in [0.2, 0.25) is 5.02 Å². The molecule has 0 saturated carbocycles. The first-order valence-corrected chi connectivity index (χ1v) is 11.8. The Balaban J connectivity index is 1.89. The Labute approximate surface area is 203 Å². The van der Waals surface area contributed by atoms with Crippen LogP contribution < -0.4 is 14.2 Å². The third-order valence-electron chi connectivity index (χ3n) is 5.19. The first kappa shape index (κ1) is 25.1. The quantitative estimate of drug-likeness (QED) is 0.288. The molecule has 2 aromatic heterocycles. The fourth-order valence-corrected chi connectivity index (χ4v) is 4.07. The number of benzene rings is 1. The Morgan fingerprint density at radius 1 is 1.06 bits per heavy atom. The molecule has 1 N–H and O–H groups in total. The first-order valence-electron chi connectivity index (χ1n) is 10.5. The Morgan fingerprint density at radius 2 is 1.73 bits per heavy atom. The van der Waals surface area contributed by atoms with Crippen LogP contribution in [0.5, 0.6) is 11.5 Å². The van der Waals surface area contributed by atoms with Gasteiger partial charge in [-0.1, -0.05) is 31.5 Å². The van der Waals surface area contributed by atoms with E-state index in [1.165, 1.54) is 11.9 Å². The molecule has 0 amide bonds. The molecule has 33 heavy (non-hydrogen) atoms. The van der Waals surface area contributed by atoms with Crippen molar-refractivity contribution in [2.24, 2.45) is 0 Å². The molecule has 3 rings (SSSR count). The third kappa shape index (κ3) is 6.07. The smallest absolute Gasteiger partial charge is 0.239 e. The second kappa shape index (κ2) is 12.1. The van der Waals surface area contributed by atoms with Crippen molar-refractivity contribution in [3.05, 3.63) is 47.3 Å². The van der Waals surface area contributed by atoms with E-state index in [1.54, 1.807) is 33.7 Å². The molecular weight excluding hydrogens is 464 g/mol. The van der Waals surface area contributed by atoms with Gasteiger partial charge in [-0.2, -0.15) is 0 Å². The molecule has 0 spiro atoms. The van der Waals surface area contributed by atoms with Gasteiger partial charge < -0.3 is 14.2 Å². The Kier molecular flexibility index (Phi) is 9.16. The van der Waals surface area contributed by atoms with Crippen LogP contribution in [0.4, 0.5) is 5.95 Å². The van der Waals surface area contributed by atoms with Crippen molar-refractivity contribution < 1.29 is 14.2 Å². The topological polar surface area (TPSA) is 96.2 Å². The second-order valence-corrected chi connectivity index (χ2v) is 8.98. The monoisotopic (exact) mass is 492 g/mol. The lowest BCUT2D eigenvalue weighted by Gasteiger charge is -2.20. The molecule has 0 radical (unpaired) electrons. The van der Waals surface area contributed by atoms with Gasteiger partial charge in [0.15, 0.2) is 0 Å². The zero-order chi connectivity index (χ0) is 23.8. The largest absolute Gasteiger partial charge is 0.494 e. The van der Waals surface area contributed by atoms with Crippen molar-refractivity contribution in [1.82, 2.24) is 24.7 Å². The van der Waals surface area contributed by atoms with Gasteiger partial charge in [-0.3, -0.25) is 9.29 Å². The number of ether oxygens (including phenoxy) is 3. The summed E-state index contributed by atoms with van der Waals surface area (Å²) in [5.41, 5.74) is 0.741. The maximum atomic E-state index is 5.92. The fourth-order valence-electron chi connectivity index (χ4n) is 3.22. The third-order valence-corrected chi connectivity index (χ3v) is 6.47. The molecule has 1 aromatic carbocycles. The molecule has 3 aromatic rings. The minimum Gasteiger partial charge on any atom is -0.494 e. The van der Waals surface area contributed by atoms with E-state index in [9.17, 15) is 0 Å². The lowest BCUT2D eigenvalue weighted by atomic mass is 10.1. The predicted molar refractivity (Wildman–Crippen MR) is 131 cm³/mol. The number of hydrogen-bond donors (Lipinski definition) is 1. The highest BCUT2D eigenvalue weighted by Gasteiger charge is 2.23. The molecular formula is C22H29ClN6O3S. The minimum absolute atomic E-state index is 0.0816. The van der Waals surface area contributed by atoms with Gasteiger partial charge in [-0.25, -0.2) is 9.97 Å². The Bertz CT molecular complexity index is 1010. The van der Waals surface area contributed by atoms with Crippen LogP contribution in [-0.2, 0) is 11.2 Å². The van der Waals surface area contributed by atoms with Crippen molar-refractivity contribution in [2.45, 2.75) is 37.9 Å². The Hall–Kier alpha value is -2.56. The van der Waals surface area contributed by atoms with E-state index >= 15 is 0 Å². The van der Waals surface area contributed by atoms with Crippen LogP contribution in [0.1, 0.15) is 37.8 Å². The van der Waals surface area contributed by atoms with E-state index in [-0.39, 0.29) is 11.2 Å². The number of methoxy groups -OCH3 is 3. The van der Waals surface area contributed by atoms with Crippen molar-refractivity contribution in [3.63, 3.8) is 0 Å². The maximum Gasteiger partial charge on any atom is 0.239 e. The number of halogens is 1. The number of aromatic nitrogens is 5. The highest BCUT2D eigenvalue weighted by molar-refractivity contribution is 8.01. The summed E-state index contributed by atoms with van der Waals surface area (Å²) in [6.07, 6.45) is 4.71. The number of aryl methyl sites for hydroxylation is 1. The summed E-state index contributed by atoms with van der Waals surface area (Å²) in [4.78, 5) is 8.70. The molecule has 0 aliphatic heterocycles. The molecule has 11 heteroatoms. The second-order valence-electron chi connectivity index (χ2n) is 7.36. The molecule has 0 fully saturated rings. The SMILES string of the molecule is COCCCc1nnc(NSC(C)C(C)c2ncc(Cl)cn2)n1-c1c(OC)cccc1OC. The molecule has 0 aliphatic carbocycles. The van der Waals surface area contributed by atoms with E-state index in [0.29, 0.717) is 35.5 Å². The van der Waals surface area contributed by atoms with Gasteiger partial charge in [0.05, 0.1) is 19.2 Å². The normalized spacial score (nSPS) is 12.9. The number of para-hydroxylation sites is 1. The molecule has 9 nitrogen and oxygen atoms in total. The summed E-state index contributed by atoms with van der Waals surface area (Å²) < 4.78 is 21.8. The summed E-state index contributed by atoms with van der Waals surface area (Å²) in [5.74, 6) is 3.48. The average molecular weight is 493 g/mol. The highest BCUT2D eigenvalue weighted by Crippen LogP contribution is 2.36. The van der Waals surface area contributed by atoms with Crippen molar-refractivity contribution in [3.8, 4) is 17.2 Å². The van der Waals surface area contributed by atoms with Crippen LogP contribution in [0.25, 0.3) is 5.69 Å². The minimum atomic E-state index is 0.0816.